The van der Waals surface area contributed by atoms with E-state index in [1.165, 1.54) is 0 Å². The number of carbonyl (C=O) groups excluding carboxylic acids is 2. The number of carbonyl (C=O) groups is 2. The van der Waals surface area contributed by atoms with Crippen LogP contribution in [-0.4, -0.2) is 11.7 Å². The van der Waals surface area contributed by atoms with E-state index in [0.29, 0.717) is 5.56 Å². The molecule has 3 nitrogen and oxygen atoms in total. The van der Waals surface area contributed by atoms with Gasteiger partial charge in [-0.2, -0.15) is 0 Å². The lowest BCUT2D eigenvalue weighted by Crippen LogP contribution is -2.22. The van der Waals surface area contributed by atoms with E-state index < -0.39 is 11.7 Å². The Labute approximate surface area is 117 Å². The molecule has 0 spiro atoms. The first-order chi connectivity index (χ1) is 9.49. The van der Waals surface area contributed by atoms with Gasteiger partial charge in [0.05, 0.1) is 0 Å². The maximum Gasteiger partial charge on any atom is 0.289 e. The summed E-state index contributed by atoms with van der Waals surface area (Å²) >= 11 is 0. The number of amides is 1. The highest BCUT2D eigenvalue weighted by Gasteiger charge is 2.11. The summed E-state index contributed by atoms with van der Waals surface area (Å²) in [4.78, 5) is 22.2. The number of nitrogens with two attached hydrogens (primary N) is 1. The topological polar surface area (TPSA) is 60.2 Å². The molecular formula is C17H15NO2. The number of allylic oxidation sites excluding steroid dienone is 1. The molecule has 0 fully saturated rings. The highest BCUT2D eigenvalue weighted by Crippen LogP contribution is 2.22. The molecule has 0 aliphatic heterocycles. The van der Waals surface area contributed by atoms with Crippen molar-refractivity contribution >= 4 is 17.3 Å². The number of hydrogen-bond donors (Lipinski definition) is 1. The van der Waals surface area contributed by atoms with Crippen LogP contribution in [0.2, 0.25) is 0 Å². The van der Waals surface area contributed by atoms with Gasteiger partial charge in [0.2, 0.25) is 5.78 Å². The standard InChI is InChI=1S/C17H15NO2/c1-11(2)12-3-5-13(6-4-12)14-7-9-15(10-8-14)16(19)17(18)20/h3-10H,1H2,2H3,(H2,18,20). The van der Waals surface area contributed by atoms with Gasteiger partial charge in [-0.25, -0.2) is 0 Å². The van der Waals surface area contributed by atoms with Crippen molar-refractivity contribution in [3.05, 3.63) is 66.2 Å². The average molecular weight is 265 g/mol. The second-order valence-corrected chi connectivity index (χ2v) is 4.63. The number of Topliss-reactive ketones (excluding diaryl/α,β-unsaturated/α-hetero) is 1. The highest BCUT2D eigenvalue weighted by molar-refractivity contribution is 6.42. The quantitative estimate of drug-likeness (QED) is 0.682. The molecule has 100 valence electrons. The molecule has 2 N–H and O–H groups in total. The Kier molecular flexibility index (Phi) is 3.80. The Hall–Kier alpha value is -2.68. The molecule has 0 radical (unpaired) electrons. The summed E-state index contributed by atoms with van der Waals surface area (Å²) in [6.07, 6.45) is 0. The summed E-state index contributed by atoms with van der Waals surface area (Å²) in [7, 11) is 0. The van der Waals surface area contributed by atoms with Crippen LogP contribution in [0.3, 0.4) is 0 Å². The zero-order valence-corrected chi connectivity index (χ0v) is 11.2. The monoisotopic (exact) mass is 265 g/mol. The van der Waals surface area contributed by atoms with Crippen molar-refractivity contribution in [1.29, 1.82) is 0 Å². The summed E-state index contributed by atoms with van der Waals surface area (Å²) < 4.78 is 0. The second-order valence-electron chi connectivity index (χ2n) is 4.63. The van der Waals surface area contributed by atoms with Crippen LogP contribution in [0.1, 0.15) is 22.8 Å². The van der Waals surface area contributed by atoms with Gasteiger partial charge in [-0.05, 0) is 23.6 Å². The predicted octanol–water partition coefficient (Wildman–Crippen LogP) is 3.05. The summed E-state index contributed by atoms with van der Waals surface area (Å²) in [5.41, 5.74) is 9.38. The molecular weight excluding hydrogens is 250 g/mol. The van der Waals surface area contributed by atoms with Gasteiger partial charge in [-0.15, -0.1) is 0 Å². The fraction of sp³-hybridized carbons (Fsp3) is 0.0588. The number of primary amides is 1. The largest absolute Gasteiger partial charge is 0.363 e. The first-order valence-corrected chi connectivity index (χ1v) is 6.19. The Bertz CT molecular complexity index is 667. The molecule has 0 aromatic heterocycles. The van der Waals surface area contributed by atoms with Crippen LogP contribution in [0.4, 0.5) is 0 Å². The molecule has 2 aromatic carbocycles. The molecule has 0 saturated heterocycles. The predicted molar refractivity (Wildman–Crippen MR) is 80.1 cm³/mol. The Morgan fingerprint density at radius 3 is 1.60 bits per heavy atom. The Morgan fingerprint density at radius 2 is 1.25 bits per heavy atom. The van der Waals surface area contributed by atoms with Crippen molar-refractivity contribution in [2.45, 2.75) is 6.92 Å². The summed E-state index contributed by atoms with van der Waals surface area (Å²) in [6.45, 7) is 5.85. The molecule has 1 amide bonds. The first-order valence-electron chi connectivity index (χ1n) is 6.19. The number of rotatable bonds is 4. The lowest BCUT2D eigenvalue weighted by atomic mass is 10.00. The zero-order chi connectivity index (χ0) is 14.7. The van der Waals surface area contributed by atoms with Crippen molar-refractivity contribution in [2.75, 3.05) is 0 Å². The van der Waals surface area contributed by atoms with E-state index in [1.807, 2.05) is 31.2 Å². The van der Waals surface area contributed by atoms with Crippen LogP contribution in [0, 0.1) is 0 Å². The third-order valence-electron chi connectivity index (χ3n) is 3.08. The van der Waals surface area contributed by atoms with Gasteiger partial charge in [-0.1, -0.05) is 60.7 Å². The van der Waals surface area contributed by atoms with Crippen molar-refractivity contribution < 1.29 is 9.59 Å². The number of benzene rings is 2. The van der Waals surface area contributed by atoms with E-state index in [9.17, 15) is 9.59 Å². The number of hydrogen-bond acceptors (Lipinski definition) is 2. The minimum atomic E-state index is -0.941. The van der Waals surface area contributed by atoms with Crippen molar-refractivity contribution in [1.82, 2.24) is 0 Å². The average Bonchev–Trinajstić information content (AvgIpc) is 2.46. The fourth-order valence-electron chi connectivity index (χ4n) is 1.90. The van der Waals surface area contributed by atoms with Gasteiger partial charge in [-0.3, -0.25) is 9.59 Å². The zero-order valence-electron chi connectivity index (χ0n) is 11.2. The third kappa shape index (κ3) is 2.83. The smallest absolute Gasteiger partial charge is 0.289 e. The summed E-state index contributed by atoms with van der Waals surface area (Å²) in [5.74, 6) is -1.61. The van der Waals surface area contributed by atoms with Crippen molar-refractivity contribution in [2.24, 2.45) is 5.73 Å². The van der Waals surface area contributed by atoms with E-state index in [-0.39, 0.29) is 0 Å². The molecule has 0 aliphatic carbocycles. The lowest BCUT2D eigenvalue weighted by Gasteiger charge is -2.05. The van der Waals surface area contributed by atoms with Crippen LogP contribution in [-0.2, 0) is 4.79 Å². The molecule has 20 heavy (non-hydrogen) atoms. The van der Waals surface area contributed by atoms with Crippen molar-refractivity contribution in [3.63, 3.8) is 0 Å². The molecule has 0 bridgehead atoms. The van der Waals surface area contributed by atoms with Crippen LogP contribution in [0.25, 0.3) is 16.7 Å². The normalized spacial score (nSPS) is 10.1. The minimum absolute atomic E-state index is 0.305. The summed E-state index contributed by atoms with van der Waals surface area (Å²) in [5, 5.41) is 0. The van der Waals surface area contributed by atoms with Gasteiger partial charge in [0.25, 0.3) is 5.91 Å². The fourth-order valence-corrected chi connectivity index (χ4v) is 1.90. The number of ketones is 1. The van der Waals surface area contributed by atoms with Gasteiger partial charge < -0.3 is 5.73 Å². The van der Waals surface area contributed by atoms with Crippen LogP contribution >= 0.6 is 0 Å². The van der Waals surface area contributed by atoms with E-state index in [1.54, 1.807) is 24.3 Å². The molecule has 0 atom stereocenters. The summed E-state index contributed by atoms with van der Waals surface area (Å²) in [6, 6.07) is 14.8. The second kappa shape index (κ2) is 5.53. The van der Waals surface area contributed by atoms with E-state index in [2.05, 4.69) is 6.58 Å². The Morgan fingerprint density at radius 1 is 0.850 bits per heavy atom. The molecule has 3 heteroatoms. The highest BCUT2D eigenvalue weighted by atomic mass is 16.2. The maximum atomic E-state index is 11.4. The minimum Gasteiger partial charge on any atom is -0.363 e. The Balaban J connectivity index is 2.28. The van der Waals surface area contributed by atoms with E-state index >= 15 is 0 Å². The van der Waals surface area contributed by atoms with Crippen LogP contribution in [0.15, 0.2) is 55.1 Å². The van der Waals surface area contributed by atoms with Gasteiger partial charge >= 0.3 is 0 Å². The van der Waals surface area contributed by atoms with Crippen LogP contribution < -0.4 is 5.73 Å². The molecule has 0 heterocycles. The van der Waals surface area contributed by atoms with Gasteiger partial charge in [0.1, 0.15) is 0 Å². The first kappa shape index (κ1) is 13.7. The van der Waals surface area contributed by atoms with E-state index in [4.69, 9.17) is 5.73 Å². The van der Waals surface area contributed by atoms with Gasteiger partial charge in [0.15, 0.2) is 0 Å². The molecule has 0 unspecified atom stereocenters. The van der Waals surface area contributed by atoms with Gasteiger partial charge in [0, 0.05) is 5.56 Å². The van der Waals surface area contributed by atoms with E-state index in [0.717, 1.165) is 22.3 Å². The molecule has 0 saturated carbocycles. The van der Waals surface area contributed by atoms with Crippen LogP contribution in [0.5, 0.6) is 0 Å². The molecule has 0 aliphatic rings. The molecule has 2 rings (SSSR count). The SMILES string of the molecule is C=C(C)c1ccc(-c2ccc(C(=O)C(N)=O)cc2)cc1. The van der Waals surface area contributed by atoms with Crippen molar-refractivity contribution in [3.8, 4) is 11.1 Å². The maximum absolute atomic E-state index is 11.4. The molecule has 2 aromatic rings. The lowest BCUT2D eigenvalue weighted by molar-refractivity contribution is -0.114. The third-order valence-corrected chi connectivity index (χ3v) is 3.08.